The van der Waals surface area contributed by atoms with Crippen LogP contribution in [0.1, 0.15) is 13.8 Å². The molecule has 0 unspecified atom stereocenters. The lowest BCUT2D eigenvalue weighted by Crippen LogP contribution is -1.62. The molecule has 0 atom stereocenters. The van der Waals surface area contributed by atoms with E-state index in [2.05, 4.69) is 11.6 Å². The third-order valence-corrected chi connectivity index (χ3v) is 0.378. The lowest BCUT2D eigenvalue weighted by Gasteiger charge is -1.52. The van der Waals surface area contributed by atoms with Crippen molar-refractivity contribution in [3.63, 3.8) is 0 Å². The van der Waals surface area contributed by atoms with Crippen LogP contribution >= 0.6 is 23.2 Å². The zero-order valence-electron chi connectivity index (χ0n) is 4.82. The first-order valence-electron chi connectivity index (χ1n) is 2.02. The molecule has 1 nitrogen and oxygen atoms in total. The van der Waals surface area contributed by atoms with Crippen LogP contribution in [0.25, 0.3) is 0 Å². The van der Waals surface area contributed by atoms with Gasteiger partial charge >= 0.3 is 0 Å². The first-order valence-corrected chi connectivity index (χ1v) is 2.84. The van der Waals surface area contributed by atoms with Gasteiger partial charge in [-0.2, -0.15) is 0 Å². The first kappa shape index (κ1) is 10.9. The summed E-state index contributed by atoms with van der Waals surface area (Å²) >= 11 is 9.64. The fourth-order valence-electron chi connectivity index (χ4n) is 0. The largest absolute Gasteiger partial charge is 0.282 e. The lowest BCUT2D eigenvalue weighted by atomic mass is 10.8. The molecule has 0 heterocycles. The molecule has 0 fully saturated rings. The summed E-state index contributed by atoms with van der Waals surface area (Å²) in [7, 11) is 0. The third kappa shape index (κ3) is 152. The number of carbonyl (C=O) groups is 1. The van der Waals surface area contributed by atoms with E-state index < -0.39 is 0 Å². The van der Waals surface area contributed by atoms with E-state index in [-0.39, 0.29) is 5.24 Å². The van der Waals surface area contributed by atoms with E-state index >= 15 is 0 Å². The molecule has 0 aliphatic heterocycles. The molecule has 0 radical (unpaired) electrons. The van der Waals surface area contributed by atoms with Gasteiger partial charge < -0.3 is 0 Å². The van der Waals surface area contributed by atoms with Crippen LogP contribution in [0, 0.1) is 0 Å². The van der Waals surface area contributed by atoms with Gasteiger partial charge in [-0.3, -0.25) is 4.79 Å². The lowest BCUT2D eigenvalue weighted by molar-refractivity contribution is -0.109. The second-order valence-corrected chi connectivity index (χ2v) is 1.71. The van der Waals surface area contributed by atoms with Crippen molar-refractivity contribution in [1.29, 1.82) is 0 Å². The minimum Gasteiger partial charge on any atom is -0.282 e. The predicted octanol–water partition coefficient (Wildman–Crippen LogP) is 2.53. The third-order valence-electron chi connectivity index (χ3n) is 0.126. The van der Waals surface area contributed by atoms with Crippen LogP contribution < -0.4 is 0 Å². The molecule has 3 heteroatoms. The molecule has 0 rings (SSSR count). The predicted molar refractivity (Wildman–Crippen MR) is 37.2 cm³/mol. The topological polar surface area (TPSA) is 17.1 Å². The molecule has 0 aliphatic rings. The van der Waals surface area contributed by atoms with Crippen molar-refractivity contribution in [2.24, 2.45) is 0 Å². The summed E-state index contributed by atoms with van der Waals surface area (Å²) in [5, 5.41) is -0.361. The normalized spacial score (nSPS) is 8.00. The molecule has 0 aromatic rings. The minimum absolute atomic E-state index is 0.361. The van der Waals surface area contributed by atoms with Crippen molar-refractivity contribution in [3.05, 3.63) is 11.6 Å². The molecule has 0 aromatic heterocycles. The molecule has 0 saturated carbocycles. The molecule has 8 heavy (non-hydrogen) atoms. The maximum Gasteiger partial charge on any atom is 0.218 e. The molecular weight excluding hydrogens is 147 g/mol. The Morgan fingerprint density at radius 1 is 1.62 bits per heavy atom. The minimum atomic E-state index is -0.361. The zero-order chi connectivity index (χ0) is 6.99. The smallest absolute Gasteiger partial charge is 0.218 e. The average molecular weight is 155 g/mol. The first-order chi connectivity index (χ1) is 3.65. The van der Waals surface area contributed by atoms with E-state index in [1.807, 2.05) is 6.92 Å². The molecule has 0 N–H and O–H groups in total. The summed E-state index contributed by atoms with van der Waals surface area (Å²) in [5.74, 6) is 0. The van der Waals surface area contributed by atoms with Gasteiger partial charge in [0.05, 0.1) is 0 Å². The summed E-state index contributed by atoms with van der Waals surface area (Å²) in [6, 6.07) is 0. The van der Waals surface area contributed by atoms with Gasteiger partial charge in [-0.25, -0.2) is 0 Å². The van der Waals surface area contributed by atoms with Crippen LogP contribution in [0.5, 0.6) is 0 Å². The molecule has 0 spiro atoms. The number of hydrogen-bond donors (Lipinski definition) is 0. The summed E-state index contributed by atoms with van der Waals surface area (Å²) in [5.41, 5.74) is 1.47. The number of allylic oxidation sites excluding steroid dienone is 1. The zero-order valence-corrected chi connectivity index (χ0v) is 6.33. The van der Waals surface area contributed by atoms with Crippen molar-refractivity contribution >= 4 is 28.4 Å². The van der Waals surface area contributed by atoms with Crippen LogP contribution in [0.2, 0.25) is 0 Å². The van der Waals surface area contributed by atoms with Crippen LogP contribution in [-0.2, 0) is 4.79 Å². The molecular formula is C5H8Cl2O. The van der Waals surface area contributed by atoms with E-state index in [1.54, 1.807) is 6.08 Å². The van der Waals surface area contributed by atoms with E-state index in [0.717, 1.165) is 0 Å². The molecule has 0 saturated heterocycles. The Bertz CT molecular complexity index is 70.5. The van der Waals surface area contributed by atoms with Crippen molar-refractivity contribution in [1.82, 2.24) is 0 Å². The van der Waals surface area contributed by atoms with E-state index in [0.29, 0.717) is 0 Å². The standard InChI is InChI=1S/C3H5Cl.C2H3ClO/c1-2-3-4;1-2(3)4/h2-3H,1H3;1H3. The summed E-state index contributed by atoms with van der Waals surface area (Å²) < 4.78 is 0. The van der Waals surface area contributed by atoms with Gasteiger partial charge in [-0.1, -0.05) is 17.7 Å². The van der Waals surface area contributed by atoms with Gasteiger partial charge in [0.2, 0.25) is 5.24 Å². The van der Waals surface area contributed by atoms with Crippen LogP contribution in [-0.4, -0.2) is 5.24 Å². The fourth-order valence-corrected chi connectivity index (χ4v) is 0. The second-order valence-electron chi connectivity index (χ2n) is 0.930. The second kappa shape index (κ2) is 10.1. The summed E-state index contributed by atoms with van der Waals surface area (Å²) in [4.78, 5) is 9.21. The van der Waals surface area contributed by atoms with Gasteiger partial charge in [0.15, 0.2) is 0 Å². The van der Waals surface area contributed by atoms with Gasteiger partial charge in [0.1, 0.15) is 0 Å². The molecule has 0 aliphatic carbocycles. The van der Waals surface area contributed by atoms with E-state index in [1.165, 1.54) is 12.5 Å². The van der Waals surface area contributed by atoms with Crippen LogP contribution in [0.4, 0.5) is 0 Å². The van der Waals surface area contributed by atoms with Crippen molar-refractivity contribution in [3.8, 4) is 0 Å². The van der Waals surface area contributed by atoms with Gasteiger partial charge in [0.25, 0.3) is 0 Å². The Labute approximate surface area is 59.3 Å². The van der Waals surface area contributed by atoms with E-state index in [9.17, 15) is 4.79 Å². The quantitative estimate of drug-likeness (QED) is 0.491. The van der Waals surface area contributed by atoms with Gasteiger partial charge in [-0.05, 0) is 24.1 Å². The number of carbonyl (C=O) groups excluding carboxylic acids is 1. The Balaban J connectivity index is 0. The number of hydrogen-bond acceptors (Lipinski definition) is 1. The highest BCUT2D eigenvalue weighted by Gasteiger charge is 1.67. The Morgan fingerprint density at radius 2 is 1.75 bits per heavy atom. The Hall–Kier alpha value is -0.0100. The van der Waals surface area contributed by atoms with Gasteiger partial charge in [0, 0.05) is 6.92 Å². The van der Waals surface area contributed by atoms with Gasteiger partial charge in [-0.15, -0.1) is 0 Å². The van der Waals surface area contributed by atoms with Crippen LogP contribution in [0.3, 0.4) is 0 Å². The van der Waals surface area contributed by atoms with E-state index in [4.69, 9.17) is 11.6 Å². The van der Waals surface area contributed by atoms with Crippen molar-refractivity contribution in [2.45, 2.75) is 13.8 Å². The number of halogens is 2. The molecule has 48 valence electrons. The maximum absolute atomic E-state index is 9.21. The highest BCUT2D eigenvalue weighted by molar-refractivity contribution is 6.62. The number of rotatable bonds is 0. The highest BCUT2D eigenvalue weighted by atomic mass is 35.5. The van der Waals surface area contributed by atoms with Crippen molar-refractivity contribution in [2.75, 3.05) is 0 Å². The Kier molecular flexibility index (Phi) is 13.7. The van der Waals surface area contributed by atoms with Crippen LogP contribution in [0.15, 0.2) is 11.6 Å². The summed E-state index contributed by atoms with van der Waals surface area (Å²) in [6.45, 7) is 3.16. The molecule has 0 aromatic carbocycles. The fraction of sp³-hybridized carbons (Fsp3) is 0.400. The average Bonchev–Trinajstić information content (AvgIpc) is 1.65. The molecule has 0 bridgehead atoms. The Morgan fingerprint density at radius 3 is 1.75 bits per heavy atom. The SMILES string of the molecule is CC(=O)Cl.CC=CCl. The molecule has 0 amide bonds. The van der Waals surface area contributed by atoms with Crippen molar-refractivity contribution < 1.29 is 4.79 Å². The maximum atomic E-state index is 9.21. The summed E-state index contributed by atoms with van der Waals surface area (Å²) in [6.07, 6.45) is 1.77. The monoisotopic (exact) mass is 154 g/mol. The highest BCUT2D eigenvalue weighted by Crippen LogP contribution is 1.70.